The van der Waals surface area contributed by atoms with E-state index in [0.717, 1.165) is 37.0 Å². The van der Waals surface area contributed by atoms with Gasteiger partial charge >= 0.3 is 0 Å². The van der Waals surface area contributed by atoms with E-state index < -0.39 is 5.60 Å². The van der Waals surface area contributed by atoms with Crippen LogP contribution in [0, 0.1) is 0 Å². The van der Waals surface area contributed by atoms with Crippen molar-refractivity contribution >= 4 is 5.71 Å². The number of rotatable bonds is 5. The first-order valence-corrected chi connectivity index (χ1v) is 7.25. The van der Waals surface area contributed by atoms with Gasteiger partial charge in [-0.3, -0.25) is 0 Å². The van der Waals surface area contributed by atoms with Gasteiger partial charge in [-0.2, -0.15) is 0 Å². The van der Waals surface area contributed by atoms with Gasteiger partial charge in [0.1, 0.15) is 11.4 Å². The number of hydrogen-bond acceptors (Lipinski definition) is 4. The SMILES string of the molecule is COc1ccc(CC/C(=N\O)C2(O)CCCCC2)cc1. The Morgan fingerprint density at radius 2 is 1.85 bits per heavy atom. The van der Waals surface area contributed by atoms with Crippen molar-refractivity contribution in [2.45, 2.75) is 50.5 Å². The summed E-state index contributed by atoms with van der Waals surface area (Å²) in [6.07, 6.45) is 5.89. The lowest BCUT2D eigenvalue weighted by Gasteiger charge is -2.32. The molecule has 0 atom stereocenters. The molecular formula is C16H23NO3. The third-order valence-electron chi connectivity index (χ3n) is 4.15. The van der Waals surface area contributed by atoms with Crippen molar-refractivity contribution in [3.05, 3.63) is 29.8 Å². The van der Waals surface area contributed by atoms with Gasteiger partial charge < -0.3 is 15.1 Å². The average molecular weight is 277 g/mol. The number of ether oxygens (including phenoxy) is 1. The minimum atomic E-state index is -0.903. The molecule has 1 fully saturated rings. The lowest BCUT2D eigenvalue weighted by Crippen LogP contribution is -2.40. The van der Waals surface area contributed by atoms with E-state index in [9.17, 15) is 10.3 Å². The predicted molar refractivity (Wildman–Crippen MR) is 78.6 cm³/mol. The molecule has 0 aromatic heterocycles. The van der Waals surface area contributed by atoms with Crippen LogP contribution in [0.25, 0.3) is 0 Å². The summed E-state index contributed by atoms with van der Waals surface area (Å²) in [5.74, 6) is 0.829. The highest BCUT2D eigenvalue weighted by atomic mass is 16.5. The number of aryl methyl sites for hydroxylation is 1. The Morgan fingerprint density at radius 3 is 2.40 bits per heavy atom. The molecule has 0 radical (unpaired) electrons. The summed E-state index contributed by atoms with van der Waals surface area (Å²) in [4.78, 5) is 0. The van der Waals surface area contributed by atoms with Crippen LogP contribution in [0.1, 0.15) is 44.1 Å². The molecule has 1 aromatic carbocycles. The van der Waals surface area contributed by atoms with Crippen molar-refractivity contribution in [1.82, 2.24) is 0 Å². The molecule has 0 saturated heterocycles. The Labute approximate surface area is 120 Å². The molecule has 4 nitrogen and oxygen atoms in total. The van der Waals surface area contributed by atoms with Crippen LogP contribution in [-0.2, 0) is 6.42 Å². The van der Waals surface area contributed by atoms with E-state index in [0.29, 0.717) is 25.0 Å². The highest BCUT2D eigenvalue weighted by Gasteiger charge is 2.34. The molecule has 1 saturated carbocycles. The minimum Gasteiger partial charge on any atom is -0.497 e. The maximum absolute atomic E-state index is 10.6. The Morgan fingerprint density at radius 1 is 1.20 bits per heavy atom. The van der Waals surface area contributed by atoms with Gasteiger partial charge in [-0.25, -0.2) is 0 Å². The molecule has 0 aliphatic heterocycles. The van der Waals surface area contributed by atoms with Crippen LogP contribution in [0.2, 0.25) is 0 Å². The summed E-state index contributed by atoms with van der Waals surface area (Å²) < 4.78 is 5.12. The molecule has 0 unspecified atom stereocenters. The van der Waals surface area contributed by atoms with Gasteiger partial charge in [0.25, 0.3) is 0 Å². The van der Waals surface area contributed by atoms with Crippen LogP contribution in [0.4, 0.5) is 0 Å². The molecule has 2 rings (SSSR count). The first kappa shape index (κ1) is 14.9. The fourth-order valence-electron chi connectivity index (χ4n) is 2.86. The average Bonchev–Trinajstić information content (AvgIpc) is 2.49. The van der Waals surface area contributed by atoms with E-state index in [4.69, 9.17) is 4.74 Å². The summed E-state index contributed by atoms with van der Waals surface area (Å²) in [7, 11) is 1.64. The second-order valence-corrected chi connectivity index (χ2v) is 5.49. The maximum atomic E-state index is 10.6. The van der Waals surface area contributed by atoms with Crippen molar-refractivity contribution in [2.24, 2.45) is 5.16 Å². The Balaban J connectivity index is 1.96. The van der Waals surface area contributed by atoms with E-state index in [1.807, 2.05) is 24.3 Å². The Kier molecular flexibility index (Phi) is 5.01. The molecule has 1 aromatic rings. The van der Waals surface area contributed by atoms with Crippen molar-refractivity contribution in [1.29, 1.82) is 0 Å². The van der Waals surface area contributed by atoms with E-state index in [1.165, 1.54) is 0 Å². The van der Waals surface area contributed by atoms with Gasteiger partial charge in [-0.1, -0.05) is 36.6 Å². The lowest BCUT2D eigenvalue weighted by atomic mass is 9.79. The van der Waals surface area contributed by atoms with Gasteiger partial charge in [0.05, 0.1) is 12.8 Å². The molecule has 0 amide bonds. The van der Waals surface area contributed by atoms with Gasteiger partial charge in [0.15, 0.2) is 0 Å². The molecule has 4 heteroatoms. The number of benzene rings is 1. The first-order chi connectivity index (χ1) is 9.68. The topological polar surface area (TPSA) is 62.0 Å². The zero-order valence-electron chi connectivity index (χ0n) is 12.0. The number of methoxy groups -OCH3 is 1. The Bertz CT molecular complexity index is 447. The Hall–Kier alpha value is -1.55. The third kappa shape index (κ3) is 3.51. The van der Waals surface area contributed by atoms with Crippen molar-refractivity contribution in [3.8, 4) is 5.75 Å². The molecule has 0 bridgehead atoms. The standard InChI is InChI=1S/C16H23NO3/c1-20-14-8-5-13(6-9-14)7-10-15(17-19)16(18)11-3-2-4-12-16/h5-6,8-9,18-19H,2-4,7,10-12H2,1H3/b17-15+. The van der Waals surface area contributed by atoms with E-state index in [1.54, 1.807) is 7.11 Å². The zero-order valence-corrected chi connectivity index (χ0v) is 12.0. The van der Waals surface area contributed by atoms with E-state index in [2.05, 4.69) is 5.16 Å². The molecular weight excluding hydrogens is 254 g/mol. The smallest absolute Gasteiger partial charge is 0.118 e. The number of hydrogen-bond donors (Lipinski definition) is 2. The van der Waals surface area contributed by atoms with Crippen molar-refractivity contribution in [3.63, 3.8) is 0 Å². The molecule has 0 spiro atoms. The molecule has 2 N–H and O–H groups in total. The lowest BCUT2D eigenvalue weighted by molar-refractivity contribution is 0.0652. The van der Waals surface area contributed by atoms with Crippen LogP contribution in [0.15, 0.2) is 29.4 Å². The molecule has 20 heavy (non-hydrogen) atoms. The minimum absolute atomic E-state index is 0.521. The molecule has 110 valence electrons. The van der Waals surface area contributed by atoms with E-state index >= 15 is 0 Å². The van der Waals surface area contributed by atoms with Gasteiger partial charge in [-0.05, 0) is 43.4 Å². The van der Waals surface area contributed by atoms with Gasteiger partial charge in [-0.15, -0.1) is 0 Å². The summed E-state index contributed by atoms with van der Waals surface area (Å²) in [5.41, 5.74) is 0.763. The second kappa shape index (κ2) is 6.75. The summed E-state index contributed by atoms with van der Waals surface area (Å²) in [6.45, 7) is 0. The molecule has 1 aliphatic rings. The van der Waals surface area contributed by atoms with Crippen LogP contribution < -0.4 is 4.74 Å². The summed E-state index contributed by atoms with van der Waals surface area (Å²) in [5, 5.41) is 23.2. The molecule has 0 heterocycles. The predicted octanol–water partition coefficient (Wildman–Crippen LogP) is 3.15. The monoisotopic (exact) mass is 277 g/mol. The zero-order chi connectivity index (χ0) is 14.4. The van der Waals surface area contributed by atoms with Crippen molar-refractivity contribution in [2.75, 3.05) is 7.11 Å². The van der Waals surface area contributed by atoms with Crippen LogP contribution >= 0.6 is 0 Å². The quantitative estimate of drug-likeness (QED) is 0.494. The number of aliphatic hydroxyl groups is 1. The highest BCUT2D eigenvalue weighted by Crippen LogP contribution is 2.31. The number of oxime groups is 1. The van der Waals surface area contributed by atoms with Crippen molar-refractivity contribution < 1.29 is 15.1 Å². The van der Waals surface area contributed by atoms with Gasteiger partial charge in [0.2, 0.25) is 0 Å². The maximum Gasteiger partial charge on any atom is 0.118 e. The fourth-order valence-corrected chi connectivity index (χ4v) is 2.86. The fraction of sp³-hybridized carbons (Fsp3) is 0.562. The first-order valence-electron chi connectivity index (χ1n) is 7.25. The second-order valence-electron chi connectivity index (χ2n) is 5.49. The third-order valence-corrected chi connectivity index (χ3v) is 4.15. The van der Waals surface area contributed by atoms with Gasteiger partial charge in [0, 0.05) is 0 Å². The summed E-state index contributed by atoms with van der Waals surface area (Å²) >= 11 is 0. The highest BCUT2D eigenvalue weighted by molar-refractivity contribution is 5.92. The molecule has 1 aliphatic carbocycles. The van der Waals surface area contributed by atoms with Crippen LogP contribution in [0.5, 0.6) is 5.75 Å². The number of nitrogens with zero attached hydrogens (tertiary/aromatic N) is 1. The van der Waals surface area contributed by atoms with Crippen LogP contribution in [0.3, 0.4) is 0 Å². The normalized spacial score (nSPS) is 18.8. The van der Waals surface area contributed by atoms with E-state index in [-0.39, 0.29) is 0 Å². The largest absolute Gasteiger partial charge is 0.497 e. The summed E-state index contributed by atoms with van der Waals surface area (Å²) in [6, 6.07) is 7.83. The van der Waals surface area contributed by atoms with Crippen LogP contribution in [-0.4, -0.2) is 28.7 Å².